The van der Waals surface area contributed by atoms with E-state index in [1.165, 1.54) is 28.5 Å². The molecule has 3 rings (SSSR count). The van der Waals surface area contributed by atoms with E-state index >= 15 is 0 Å². The number of benzene rings is 1. The summed E-state index contributed by atoms with van der Waals surface area (Å²) in [5.74, 6) is 0.262. The van der Waals surface area contributed by atoms with Crippen molar-refractivity contribution < 1.29 is 9.90 Å². The maximum atomic E-state index is 12.7. The molecule has 2 aromatic rings. The molecule has 0 bridgehead atoms. The SMILES string of the molecule is CC(C)Sc1nc2c(c(=O)n1-c1ccc(O)cc1)CC(=O)N2. The number of aromatic hydroxyl groups is 1. The van der Waals surface area contributed by atoms with Gasteiger partial charge in [0.1, 0.15) is 11.6 Å². The first kappa shape index (κ1) is 14.6. The van der Waals surface area contributed by atoms with E-state index in [9.17, 15) is 14.7 Å². The predicted molar refractivity (Wildman–Crippen MR) is 84.8 cm³/mol. The molecular formula is C15H15N3O3S. The summed E-state index contributed by atoms with van der Waals surface area (Å²) in [6, 6.07) is 6.34. The van der Waals surface area contributed by atoms with E-state index in [4.69, 9.17) is 0 Å². The molecule has 0 saturated carbocycles. The van der Waals surface area contributed by atoms with Crippen molar-refractivity contribution in [3.63, 3.8) is 0 Å². The molecule has 2 heterocycles. The van der Waals surface area contributed by atoms with Crippen LogP contribution >= 0.6 is 11.8 Å². The van der Waals surface area contributed by atoms with Gasteiger partial charge in [-0.15, -0.1) is 0 Å². The number of phenols is 1. The molecule has 6 nitrogen and oxygen atoms in total. The minimum atomic E-state index is -0.253. The number of rotatable bonds is 3. The lowest BCUT2D eigenvalue weighted by molar-refractivity contribution is -0.115. The number of phenolic OH excluding ortho intramolecular Hbond substituents is 1. The Labute approximate surface area is 131 Å². The van der Waals surface area contributed by atoms with E-state index in [1.807, 2.05) is 13.8 Å². The molecule has 0 aliphatic carbocycles. The second-order valence-electron chi connectivity index (χ2n) is 5.27. The molecule has 2 N–H and O–H groups in total. The first-order valence-corrected chi connectivity index (χ1v) is 7.75. The van der Waals surface area contributed by atoms with Gasteiger partial charge >= 0.3 is 0 Å². The second-order valence-corrected chi connectivity index (χ2v) is 6.81. The summed E-state index contributed by atoms with van der Waals surface area (Å²) in [4.78, 5) is 28.7. The van der Waals surface area contributed by atoms with Gasteiger partial charge in [0.05, 0.1) is 17.7 Å². The largest absolute Gasteiger partial charge is 0.508 e. The summed E-state index contributed by atoms with van der Waals surface area (Å²) in [6.07, 6.45) is 0.0475. The van der Waals surface area contributed by atoms with E-state index in [0.717, 1.165) is 0 Å². The van der Waals surface area contributed by atoms with Crippen molar-refractivity contribution in [1.82, 2.24) is 9.55 Å². The molecule has 22 heavy (non-hydrogen) atoms. The van der Waals surface area contributed by atoms with Crippen LogP contribution in [0.5, 0.6) is 5.75 Å². The Morgan fingerprint density at radius 3 is 2.59 bits per heavy atom. The number of hydrogen-bond acceptors (Lipinski definition) is 5. The van der Waals surface area contributed by atoms with Gasteiger partial charge in [-0.25, -0.2) is 4.98 Å². The van der Waals surface area contributed by atoms with Crippen LogP contribution < -0.4 is 10.9 Å². The lowest BCUT2D eigenvalue weighted by Crippen LogP contribution is -2.25. The van der Waals surface area contributed by atoms with E-state index < -0.39 is 0 Å². The second kappa shape index (κ2) is 5.49. The molecule has 0 radical (unpaired) electrons. The van der Waals surface area contributed by atoms with Crippen LogP contribution in [0.2, 0.25) is 0 Å². The quantitative estimate of drug-likeness (QED) is 0.667. The molecule has 1 aromatic carbocycles. The van der Waals surface area contributed by atoms with Crippen molar-refractivity contribution >= 4 is 23.5 Å². The standard InChI is InChI=1S/C15H15N3O3S/c1-8(2)22-15-17-13-11(7-12(20)16-13)14(21)18(15)9-3-5-10(19)6-4-9/h3-6,8,19H,7H2,1-2H3,(H,16,20). The van der Waals surface area contributed by atoms with Crippen molar-refractivity contribution in [3.05, 3.63) is 40.2 Å². The van der Waals surface area contributed by atoms with Crippen LogP contribution in [0.25, 0.3) is 5.69 Å². The molecule has 0 saturated heterocycles. The molecule has 1 aliphatic rings. The van der Waals surface area contributed by atoms with Crippen LogP contribution in [0.15, 0.2) is 34.2 Å². The molecular weight excluding hydrogens is 302 g/mol. The minimum absolute atomic E-state index is 0.0475. The molecule has 0 fully saturated rings. The van der Waals surface area contributed by atoms with Crippen LogP contribution in [0.4, 0.5) is 5.82 Å². The highest BCUT2D eigenvalue weighted by Crippen LogP contribution is 2.27. The summed E-state index contributed by atoms with van der Waals surface area (Å²) in [5.41, 5.74) is 0.740. The van der Waals surface area contributed by atoms with E-state index in [0.29, 0.717) is 22.2 Å². The molecule has 1 aliphatic heterocycles. The molecule has 1 amide bonds. The fraction of sp³-hybridized carbons (Fsp3) is 0.267. The zero-order valence-electron chi connectivity index (χ0n) is 12.2. The molecule has 0 unspecified atom stereocenters. The number of carbonyl (C=O) groups excluding carboxylic acids is 1. The third kappa shape index (κ3) is 2.59. The van der Waals surface area contributed by atoms with E-state index in [1.54, 1.807) is 12.1 Å². The third-order valence-corrected chi connectivity index (χ3v) is 4.15. The summed E-state index contributed by atoms with van der Waals surface area (Å²) < 4.78 is 1.49. The predicted octanol–water partition coefficient (Wildman–Crippen LogP) is 1.93. The number of nitrogens with zero attached hydrogens (tertiary/aromatic N) is 2. The Morgan fingerprint density at radius 1 is 1.27 bits per heavy atom. The Balaban J connectivity index is 2.22. The van der Waals surface area contributed by atoms with Crippen LogP contribution in [0, 0.1) is 0 Å². The van der Waals surface area contributed by atoms with Crippen LogP contribution in [0.1, 0.15) is 19.4 Å². The maximum Gasteiger partial charge on any atom is 0.264 e. The molecule has 1 aromatic heterocycles. The Bertz CT molecular complexity index is 797. The average Bonchev–Trinajstić information content (AvgIpc) is 2.81. The number of hydrogen-bond donors (Lipinski definition) is 2. The normalized spacial score (nSPS) is 13.3. The van der Waals surface area contributed by atoms with Gasteiger partial charge in [0.2, 0.25) is 5.91 Å². The molecule has 7 heteroatoms. The van der Waals surface area contributed by atoms with Crippen LogP contribution in [-0.2, 0) is 11.2 Å². The highest BCUT2D eigenvalue weighted by atomic mass is 32.2. The topological polar surface area (TPSA) is 84.2 Å². The average molecular weight is 317 g/mol. The van der Waals surface area contributed by atoms with Gasteiger partial charge in [-0.3, -0.25) is 14.2 Å². The minimum Gasteiger partial charge on any atom is -0.508 e. The van der Waals surface area contributed by atoms with Crippen LogP contribution in [0.3, 0.4) is 0 Å². The summed E-state index contributed by atoms with van der Waals surface area (Å²) in [7, 11) is 0. The third-order valence-electron chi connectivity index (χ3n) is 3.19. The Morgan fingerprint density at radius 2 is 1.95 bits per heavy atom. The van der Waals surface area contributed by atoms with Gasteiger partial charge in [-0.1, -0.05) is 25.6 Å². The van der Waals surface area contributed by atoms with E-state index in [2.05, 4.69) is 10.3 Å². The smallest absolute Gasteiger partial charge is 0.264 e. The number of aromatic nitrogens is 2. The van der Waals surface area contributed by atoms with Gasteiger partial charge in [-0.05, 0) is 24.3 Å². The molecule has 0 atom stereocenters. The fourth-order valence-electron chi connectivity index (χ4n) is 2.26. The number of amides is 1. The monoisotopic (exact) mass is 317 g/mol. The van der Waals surface area contributed by atoms with Crippen molar-refractivity contribution in [3.8, 4) is 11.4 Å². The van der Waals surface area contributed by atoms with Gasteiger partial charge < -0.3 is 10.4 Å². The highest BCUT2D eigenvalue weighted by Gasteiger charge is 2.26. The molecule has 114 valence electrons. The summed E-state index contributed by atoms with van der Waals surface area (Å²) >= 11 is 1.44. The first-order chi connectivity index (χ1) is 10.5. The number of carbonyl (C=O) groups is 1. The zero-order valence-corrected chi connectivity index (χ0v) is 13.0. The van der Waals surface area contributed by atoms with Gasteiger partial charge in [-0.2, -0.15) is 0 Å². The van der Waals surface area contributed by atoms with Gasteiger partial charge in [0.15, 0.2) is 5.16 Å². The van der Waals surface area contributed by atoms with Gasteiger partial charge in [0, 0.05) is 5.25 Å². The summed E-state index contributed by atoms with van der Waals surface area (Å²) in [6.45, 7) is 4.01. The van der Waals surface area contributed by atoms with Crippen molar-refractivity contribution in [1.29, 1.82) is 0 Å². The number of thioether (sulfide) groups is 1. The van der Waals surface area contributed by atoms with Gasteiger partial charge in [0.25, 0.3) is 5.56 Å². The van der Waals surface area contributed by atoms with Crippen molar-refractivity contribution in [2.45, 2.75) is 30.7 Å². The van der Waals surface area contributed by atoms with Crippen molar-refractivity contribution in [2.24, 2.45) is 0 Å². The first-order valence-electron chi connectivity index (χ1n) is 6.87. The lowest BCUT2D eigenvalue weighted by Gasteiger charge is -2.14. The van der Waals surface area contributed by atoms with Crippen LogP contribution in [-0.4, -0.2) is 25.8 Å². The number of anilines is 1. The van der Waals surface area contributed by atoms with E-state index in [-0.39, 0.29) is 28.9 Å². The highest BCUT2D eigenvalue weighted by molar-refractivity contribution is 7.99. The lowest BCUT2D eigenvalue weighted by atomic mass is 10.2. The number of fused-ring (bicyclic) bond motifs is 1. The molecule has 0 spiro atoms. The number of nitrogens with one attached hydrogen (secondary N) is 1. The summed E-state index contributed by atoms with van der Waals surface area (Å²) in [5, 5.41) is 12.8. The fourth-order valence-corrected chi connectivity index (χ4v) is 3.11. The Hall–Kier alpha value is -2.28. The van der Waals surface area contributed by atoms with Crippen molar-refractivity contribution in [2.75, 3.05) is 5.32 Å². The Kier molecular flexibility index (Phi) is 3.66. The maximum absolute atomic E-state index is 12.7. The zero-order chi connectivity index (χ0) is 15.9.